The highest BCUT2D eigenvalue weighted by Crippen LogP contribution is 2.27. The monoisotopic (exact) mass is 220 g/mol. The molecule has 0 aromatic heterocycles. The molecule has 1 atom stereocenters. The van der Waals surface area contributed by atoms with E-state index in [1.165, 1.54) is 12.1 Å². The van der Waals surface area contributed by atoms with Crippen LogP contribution in [0.25, 0.3) is 0 Å². The van der Waals surface area contributed by atoms with Crippen LogP contribution in [-0.2, 0) is 11.2 Å². The maximum absolute atomic E-state index is 12.4. The zero-order valence-corrected chi connectivity index (χ0v) is 7.59. The molecule has 0 aliphatic heterocycles. The molecule has 1 unspecified atom stereocenters. The maximum atomic E-state index is 12.4. The van der Waals surface area contributed by atoms with E-state index in [1.807, 2.05) is 0 Å². The molecule has 0 fully saturated rings. The molecular formula is C10H8F4O. The zero-order chi connectivity index (χ0) is 11.5. The minimum atomic E-state index is -4.55. The summed E-state index contributed by atoms with van der Waals surface area (Å²) in [5, 5.41) is 0. The number of hydrogen-bond acceptors (Lipinski definition) is 1. The lowest BCUT2D eigenvalue weighted by atomic mass is 10.0. The Morgan fingerprint density at radius 1 is 1.20 bits per heavy atom. The zero-order valence-electron chi connectivity index (χ0n) is 7.59. The Bertz CT molecular complexity index is 328. The SMILES string of the molecule is O=CC(Cc1ccc(F)cc1)C(F)(F)F. The quantitative estimate of drug-likeness (QED) is 0.565. The van der Waals surface area contributed by atoms with Gasteiger partial charge in [-0.2, -0.15) is 13.2 Å². The van der Waals surface area contributed by atoms with Crippen molar-refractivity contribution in [1.29, 1.82) is 0 Å². The Morgan fingerprint density at radius 2 is 1.73 bits per heavy atom. The Labute approximate surface area is 83.7 Å². The molecule has 5 heteroatoms. The minimum Gasteiger partial charge on any atom is -0.303 e. The van der Waals surface area contributed by atoms with Gasteiger partial charge in [-0.05, 0) is 24.1 Å². The molecule has 0 amide bonds. The smallest absolute Gasteiger partial charge is 0.303 e. The second-order valence-corrected chi connectivity index (χ2v) is 3.11. The Hall–Kier alpha value is -1.39. The summed E-state index contributed by atoms with van der Waals surface area (Å²) in [4.78, 5) is 10.2. The van der Waals surface area contributed by atoms with Gasteiger partial charge < -0.3 is 4.79 Å². The van der Waals surface area contributed by atoms with Gasteiger partial charge >= 0.3 is 6.18 Å². The molecule has 1 aromatic rings. The first-order valence-electron chi connectivity index (χ1n) is 4.20. The molecule has 0 aliphatic carbocycles. The summed E-state index contributed by atoms with van der Waals surface area (Å²) < 4.78 is 49.0. The molecule has 0 heterocycles. The summed E-state index contributed by atoms with van der Waals surface area (Å²) in [6.07, 6.45) is -5.13. The number of carbonyl (C=O) groups excluding carboxylic acids is 1. The molecule has 82 valence electrons. The van der Waals surface area contributed by atoms with E-state index in [2.05, 4.69) is 0 Å². The van der Waals surface area contributed by atoms with Gasteiger partial charge in [-0.1, -0.05) is 12.1 Å². The largest absolute Gasteiger partial charge is 0.398 e. The Balaban J connectivity index is 2.76. The predicted octanol–water partition coefficient (Wildman–Crippen LogP) is 2.75. The van der Waals surface area contributed by atoms with E-state index in [1.54, 1.807) is 0 Å². The molecular weight excluding hydrogens is 212 g/mol. The van der Waals surface area contributed by atoms with E-state index in [9.17, 15) is 22.4 Å². The summed E-state index contributed by atoms with van der Waals surface area (Å²) in [6, 6.07) is 4.59. The number of carbonyl (C=O) groups is 1. The topological polar surface area (TPSA) is 17.1 Å². The van der Waals surface area contributed by atoms with Crippen LogP contribution in [0, 0.1) is 11.7 Å². The molecule has 0 aliphatic rings. The Morgan fingerprint density at radius 3 is 2.13 bits per heavy atom. The van der Waals surface area contributed by atoms with Crippen molar-refractivity contribution >= 4 is 6.29 Å². The third-order valence-electron chi connectivity index (χ3n) is 1.95. The first-order valence-corrected chi connectivity index (χ1v) is 4.20. The molecule has 0 radical (unpaired) electrons. The second-order valence-electron chi connectivity index (χ2n) is 3.11. The van der Waals surface area contributed by atoms with Gasteiger partial charge in [0.2, 0.25) is 0 Å². The standard InChI is InChI=1S/C10H8F4O/c11-9-3-1-7(2-4-9)5-8(6-15)10(12,13)14/h1-4,6,8H,5H2. The molecule has 15 heavy (non-hydrogen) atoms. The van der Waals surface area contributed by atoms with Crippen molar-refractivity contribution in [1.82, 2.24) is 0 Å². The molecule has 1 rings (SSSR count). The molecule has 0 N–H and O–H groups in total. The number of aldehydes is 1. The van der Waals surface area contributed by atoms with Gasteiger partial charge in [-0.3, -0.25) is 0 Å². The van der Waals surface area contributed by atoms with Crippen LogP contribution < -0.4 is 0 Å². The summed E-state index contributed by atoms with van der Waals surface area (Å²) in [5.74, 6) is -2.55. The van der Waals surface area contributed by atoms with Crippen molar-refractivity contribution in [3.8, 4) is 0 Å². The van der Waals surface area contributed by atoms with Gasteiger partial charge in [0.1, 0.15) is 18.0 Å². The Kier molecular flexibility index (Phi) is 3.44. The van der Waals surface area contributed by atoms with E-state index in [-0.39, 0.29) is 11.8 Å². The van der Waals surface area contributed by atoms with Crippen LogP contribution in [0.5, 0.6) is 0 Å². The van der Waals surface area contributed by atoms with Crippen LogP contribution in [0.1, 0.15) is 5.56 Å². The molecule has 0 saturated heterocycles. The number of benzene rings is 1. The van der Waals surface area contributed by atoms with Crippen LogP contribution >= 0.6 is 0 Å². The summed E-state index contributed by atoms with van der Waals surface area (Å²) in [7, 11) is 0. The summed E-state index contributed by atoms with van der Waals surface area (Å²) >= 11 is 0. The van der Waals surface area contributed by atoms with Gasteiger partial charge in [0.25, 0.3) is 0 Å². The van der Waals surface area contributed by atoms with Gasteiger partial charge in [0.05, 0.1) is 0 Å². The van der Waals surface area contributed by atoms with Crippen molar-refractivity contribution in [2.75, 3.05) is 0 Å². The summed E-state index contributed by atoms with van der Waals surface area (Å²) in [5.41, 5.74) is 0.283. The van der Waals surface area contributed by atoms with E-state index < -0.39 is 24.3 Å². The number of alkyl halides is 3. The summed E-state index contributed by atoms with van der Waals surface area (Å²) in [6.45, 7) is 0. The average Bonchev–Trinajstić information content (AvgIpc) is 2.15. The fourth-order valence-corrected chi connectivity index (χ4v) is 1.12. The lowest BCUT2D eigenvalue weighted by molar-refractivity contribution is -0.174. The van der Waals surface area contributed by atoms with Crippen LogP contribution in [0.2, 0.25) is 0 Å². The first-order chi connectivity index (χ1) is 6.93. The van der Waals surface area contributed by atoms with Crippen LogP contribution in [0.4, 0.5) is 17.6 Å². The van der Waals surface area contributed by atoms with E-state index in [0.29, 0.717) is 0 Å². The minimum absolute atomic E-state index is 0.136. The first kappa shape index (κ1) is 11.7. The fraction of sp³-hybridized carbons (Fsp3) is 0.300. The number of halogens is 4. The van der Waals surface area contributed by atoms with Crippen LogP contribution in [0.15, 0.2) is 24.3 Å². The van der Waals surface area contributed by atoms with Gasteiger partial charge in [0.15, 0.2) is 0 Å². The number of hydrogen-bond donors (Lipinski definition) is 0. The van der Waals surface area contributed by atoms with Crippen molar-refractivity contribution < 1.29 is 22.4 Å². The molecule has 1 aromatic carbocycles. The lowest BCUT2D eigenvalue weighted by Gasteiger charge is -2.13. The highest BCUT2D eigenvalue weighted by Gasteiger charge is 2.39. The molecule has 0 saturated carbocycles. The van der Waals surface area contributed by atoms with Crippen molar-refractivity contribution in [2.24, 2.45) is 5.92 Å². The molecule has 1 nitrogen and oxygen atoms in total. The predicted molar refractivity (Wildman–Crippen MR) is 45.7 cm³/mol. The third-order valence-corrected chi connectivity index (χ3v) is 1.95. The van der Waals surface area contributed by atoms with Crippen LogP contribution in [-0.4, -0.2) is 12.5 Å². The molecule has 0 spiro atoms. The van der Waals surface area contributed by atoms with Gasteiger partial charge in [-0.15, -0.1) is 0 Å². The fourth-order valence-electron chi connectivity index (χ4n) is 1.12. The third kappa shape index (κ3) is 3.34. The van der Waals surface area contributed by atoms with E-state index in [0.717, 1.165) is 12.1 Å². The van der Waals surface area contributed by atoms with Gasteiger partial charge in [0, 0.05) is 0 Å². The maximum Gasteiger partial charge on any atom is 0.398 e. The van der Waals surface area contributed by atoms with Crippen molar-refractivity contribution in [3.05, 3.63) is 35.6 Å². The normalized spacial score (nSPS) is 13.6. The number of rotatable bonds is 3. The van der Waals surface area contributed by atoms with Crippen molar-refractivity contribution in [3.63, 3.8) is 0 Å². The van der Waals surface area contributed by atoms with Crippen LogP contribution in [0.3, 0.4) is 0 Å². The van der Waals surface area contributed by atoms with Crippen molar-refractivity contribution in [2.45, 2.75) is 12.6 Å². The second kappa shape index (κ2) is 4.42. The highest BCUT2D eigenvalue weighted by atomic mass is 19.4. The van der Waals surface area contributed by atoms with E-state index >= 15 is 0 Å². The van der Waals surface area contributed by atoms with Gasteiger partial charge in [-0.25, -0.2) is 4.39 Å². The average molecular weight is 220 g/mol. The lowest BCUT2D eigenvalue weighted by Crippen LogP contribution is -2.26. The molecule has 0 bridgehead atoms. The highest BCUT2D eigenvalue weighted by molar-refractivity contribution is 5.55. The van der Waals surface area contributed by atoms with E-state index in [4.69, 9.17) is 0 Å².